The Bertz CT molecular complexity index is 445. The zero-order valence-electron chi connectivity index (χ0n) is 10.8. The van der Waals surface area contributed by atoms with Gasteiger partial charge in [0.25, 0.3) is 0 Å². The van der Waals surface area contributed by atoms with Crippen LogP contribution in [-0.2, 0) is 4.74 Å². The molecule has 18 heavy (non-hydrogen) atoms. The van der Waals surface area contributed by atoms with Gasteiger partial charge in [0.05, 0.1) is 24.8 Å². The van der Waals surface area contributed by atoms with E-state index in [1.807, 2.05) is 19.1 Å². The molecule has 4 nitrogen and oxygen atoms in total. The Morgan fingerprint density at radius 1 is 1.56 bits per heavy atom. The average molecular weight is 249 g/mol. The number of rotatable bonds is 3. The minimum atomic E-state index is -0.868. The maximum absolute atomic E-state index is 11.0. The first-order valence-corrected chi connectivity index (χ1v) is 6.31. The molecule has 0 saturated carbocycles. The fourth-order valence-electron chi connectivity index (χ4n) is 2.40. The minimum Gasteiger partial charge on any atom is -0.478 e. The Balaban J connectivity index is 2.27. The molecule has 1 aromatic rings. The molecule has 1 saturated heterocycles. The zero-order chi connectivity index (χ0) is 13.1. The molecule has 0 aliphatic carbocycles. The molecule has 1 heterocycles. The summed E-state index contributed by atoms with van der Waals surface area (Å²) in [5, 5.41) is 9.03. The van der Waals surface area contributed by atoms with Crippen LogP contribution in [-0.4, -0.2) is 36.9 Å². The van der Waals surface area contributed by atoms with E-state index in [2.05, 4.69) is 11.8 Å². The Kier molecular flexibility index (Phi) is 3.87. The number of hydrogen-bond acceptors (Lipinski definition) is 3. The van der Waals surface area contributed by atoms with Crippen LogP contribution in [0.3, 0.4) is 0 Å². The number of carboxylic acids is 1. The van der Waals surface area contributed by atoms with Crippen molar-refractivity contribution in [3.63, 3.8) is 0 Å². The van der Waals surface area contributed by atoms with Crippen molar-refractivity contribution in [3.05, 3.63) is 29.3 Å². The van der Waals surface area contributed by atoms with E-state index < -0.39 is 5.97 Å². The van der Waals surface area contributed by atoms with Crippen LogP contribution in [0.5, 0.6) is 0 Å². The third-order valence-electron chi connectivity index (χ3n) is 3.47. The lowest BCUT2D eigenvalue weighted by atomic mass is 10.1. The van der Waals surface area contributed by atoms with Crippen LogP contribution in [0.2, 0.25) is 0 Å². The van der Waals surface area contributed by atoms with Gasteiger partial charge in [0.1, 0.15) is 0 Å². The van der Waals surface area contributed by atoms with Gasteiger partial charge in [-0.15, -0.1) is 0 Å². The quantitative estimate of drug-likeness (QED) is 0.893. The molecule has 4 heteroatoms. The number of aryl methyl sites for hydroxylation is 1. The van der Waals surface area contributed by atoms with E-state index in [-0.39, 0.29) is 0 Å². The number of morpholine rings is 1. The molecule has 2 rings (SSSR count). The molecule has 1 aliphatic heterocycles. The lowest BCUT2D eigenvalue weighted by molar-refractivity contribution is 0.0696. The highest BCUT2D eigenvalue weighted by molar-refractivity contribution is 5.89. The first-order chi connectivity index (χ1) is 8.63. The van der Waals surface area contributed by atoms with Crippen LogP contribution in [0.15, 0.2) is 18.2 Å². The fourth-order valence-corrected chi connectivity index (χ4v) is 2.40. The third kappa shape index (κ3) is 2.48. The number of hydrogen-bond donors (Lipinski definition) is 1. The lowest BCUT2D eigenvalue weighted by Crippen LogP contribution is -2.45. The van der Waals surface area contributed by atoms with Gasteiger partial charge in [0.15, 0.2) is 0 Å². The number of aromatic carboxylic acids is 1. The SMILES string of the molecule is CCC1COCCN1c1ccc(C(=O)O)c(C)c1. The number of ether oxygens (including phenoxy) is 1. The van der Waals surface area contributed by atoms with Crippen molar-refractivity contribution in [1.29, 1.82) is 0 Å². The average Bonchev–Trinajstić information content (AvgIpc) is 2.38. The molecule has 0 bridgehead atoms. The van der Waals surface area contributed by atoms with Crippen molar-refractivity contribution in [2.24, 2.45) is 0 Å². The van der Waals surface area contributed by atoms with Gasteiger partial charge in [-0.25, -0.2) is 4.79 Å². The van der Waals surface area contributed by atoms with Crippen LogP contribution in [0.25, 0.3) is 0 Å². The molecule has 0 amide bonds. The van der Waals surface area contributed by atoms with Gasteiger partial charge in [-0.2, -0.15) is 0 Å². The minimum absolute atomic E-state index is 0.375. The molecule has 1 atom stereocenters. The summed E-state index contributed by atoms with van der Waals surface area (Å²) in [5.74, 6) is -0.868. The highest BCUT2D eigenvalue weighted by Crippen LogP contribution is 2.24. The van der Waals surface area contributed by atoms with Crippen LogP contribution >= 0.6 is 0 Å². The smallest absolute Gasteiger partial charge is 0.335 e. The van der Waals surface area contributed by atoms with Crippen LogP contribution < -0.4 is 4.90 Å². The van der Waals surface area contributed by atoms with Crippen molar-refractivity contribution in [2.45, 2.75) is 26.3 Å². The van der Waals surface area contributed by atoms with Crippen molar-refractivity contribution in [3.8, 4) is 0 Å². The van der Waals surface area contributed by atoms with E-state index in [1.165, 1.54) is 0 Å². The summed E-state index contributed by atoms with van der Waals surface area (Å²) in [6.07, 6.45) is 1.03. The number of carbonyl (C=O) groups is 1. The van der Waals surface area contributed by atoms with E-state index in [0.717, 1.165) is 37.4 Å². The predicted octanol–water partition coefficient (Wildman–Crippen LogP) is 2.31. The largest absolute Gasteiger partial charge is 0.478 e. The zero-order valence-corrected chi connectivity index (χ0v) is 10.8. The van der Waals surface area contributed by atoms with Gasteiger partial charge in [-0.1, -0.05) is 6.92 Å². The first kappa shape index (κ1) is 12.9. The Labute approximate surface area is 107 Å². The lowest BCUT2D eigenvalue weighted by Gasteiger charge is -2.37. The first-order valence-electron chi connectivity index (χ1n) is 6.31. The van der Waals surface area contributed by atoms with Crippen LogP contribution in [0.1, 0.15) is 29.3 Å². The second-order valence-corrected chi connectivity index (χ2v) is 4.63. The molecule has 1 aromatic carbocycles. The van der Waals surface area contributed by atoms with Crippen molar-refractivity contribution < 1.29 is 14.6 Å². The molecule has 0 spiro atoms. The molecule has 1 unspecified atom stereocenters. The second kappa shape index (κ2) is 5.40. The standard InChI is InChI=1S/C14H19NO3/c1-3-11-9-18-7-6-15(11)12-4-5-13(14(16)17)10(2)8-12/h4-5,8,11H,3,6-7,9H2,1-2H3,(H,16,17). The molecular weight excluding hydrogens is 230 g/mol. The highest BCUT2D eigenvalue weighted by Gasteiger charge is 2.22. The summed E-state index contributed by atoms with van der Waals surface area (Å²) in [4.78, 5) is 13.3. The topological polar surface area (TPSA) is 49.8 Å². The summed E-state index contributed by atoms with van der Waals surface area (Å²) in [6, 6.07) is 5.92. The van der Waals surface area contributed by atoms with E-state index in [9.17, 15) is 4.79 Å². The predicted molar refractivity (Wildman–Crippen MR) is 70.4 cm³/mol. The maximum Gasteiger partial charge on any atom is 0.335 e. The van der Waals surface area contributed by atoms with Crippen LogP contribution in [0.4, 0.5) is 5.69 Å². The van der Waals surface area contributed by atoms with E-state index in [1.54, 1.807) is 6.07 Å². The number of carboxylic acid groups (broad SMARTS) is 1. The van der Waals surface area contributed by atoms with Gasteiger partial charge in [0, 0.05) is 12.2 Å². The van der Waals surface area contributed by atoms with Gasteiger partial charge >= 0.3 is 5.97 Å². The number of benzene rings is 1. The van der Waals surface area contributed by atoms with Gasteiger partial charge < -0.3 is 14.7 Å². The van der Waals surface area contributed by atoms with Gasteiger partial charge in [-0.05, 0) is 37.1 Å². The van der Waals surface area contributed by atoms with Crippen LogP contribution in [0, 0.1) is 6.92 Å². The molecule has 1 N–H and O–H groups in total. The summed E-state index contributed by atoms with van der Waals surface area (Å²) in [7, 11) is 0. The molecule has 1 aliphatic rings. The summed E-state index contributed by atoms with van der Waals surface area (Å²) in [5.41, 5.74) is 2.27. The normalized spacial score (nSPS) is 19.9. The number of nitrogens with zero attached hydrogens (tertiary/aromatic N) is 1. The van der Waals surface area contributed by atoms with Crippen molar-refractivity contribution in [1.82, 2.24) is 0 Å². The fraction of sp³-hybridized carbons (Fsp3) is 0.500. The summed E-state index contributed by atoms with van der Waals surface area (Å²) < 4.78 is 5.48. The summed E-state index contributed by atoms with van der Waals surface area (Å²) >= 11 is 0. The number of anilines is 1. The van der Waals surface area contributed by atoms with E-state index >= 15 is 0 Å². The molecule has 1 fully saturated rings. The Morgan fingerprint density at radius 3 is 2.94 bits per heavy atom. The second-order valence-electron chi connectivity index (χ2n) is 4.63. The third-order valence-corrected chi connectivity index (χ3v) is 3.47. The van der Waals surface area contributed by atoms with Crippen molar-refractivity contribution in [2.75, 3.05) is 24.7 Å². The van der Waals surface area contributed by atoms with Gasteiger partial charge in [-0.3, -0.25) is 0 Å². The highest BCUT2D eigenvalue weighted by atomic mass is 16.5. The molecule has 0 aromatic heterocycles. The van der Waals surface area contributed by atoms with E-state index in [0.29, 0.717) is 11.6 Å². The molecular formula is C14H19NO3. The summed E-state index contributed by atoms with van der Waals surface area (Å²) in [6.45, 7) is 6.33. The van der Waals surface area contributed by atoms with E-state index in [4.69, 9.17) is 9.84 Å². The molecule has 98 valence electrons. The Morgan fingerprint density at radius 2 is 2.33 bits per heavy atom. The van der Waals surface area contributed by atoms with Gasteiger partial charge in [0.2, 0.25) is 0 Å². The maximum atomic E-state index is 11.0. The van der Waals surface area contributed by atoms with Crippen molar-refractivity contribution >= 4 is 11.7 Å². The molecule has 0 radical (unpaired) electrons. The monoisotopic (exact) mass is 249 g/mol. The Hall–Kier alpha value is -1.55.